The van der Waals surface area contributed by atoms with Gasteiger partial charge in [-0.1, -0.05) is 26.0 Å². The van der Waals surface area contributed by atoms with E-state index in [0.29, 0.717) is 18.2 Å². The van der Waals surface area contributed by atoms with Crippen LogP contribution in [0.15, 0.2) is 48.7 Å². The Kier molecular flexibility index (Phi) is 8.73. The van der Waals surface area contributed by atoms with Crippen LogP contribution < -0.4 is 15.8 Å². The van der Waals surface area contributed by atoms with Crippen LogP contribution >= 0.6 is 0 Å². The predicted octanol–water partition coefficient (Wildman–Crippen LogP) is 2.79. The Labute approximate surface area is 206 Å². The van der Waals surface area contributed by atoms with Crippen molar-refractivity contribution < 1.29 is 33.3 Å². The molecule has 0 aliphatic rings. The highest BCUT2D eigenvalue weighted by Crippen LogP contribution is 2.24. The van der Waals surface area contributed by atoms with Gasteiger partial charge in [0.25, 0.3) is 0 Å². The van der Waals surface area contributed by atoms with Crippen molar-refractivity contribution in [3.63, 3.8) is 0 Å². The minimum atomic E-state index is -0.993. The van der Waals surface area contributed by atoms with Gasteiger partial charge in [0.2, 0.25) is 0 Å². The number of ketones is 1. The van der Waals surface area contributed by atoms with Crippen molar-refractivity contribution >= 4 is 17.6 Å². The van der Waals surface area contributed by atoms with E-state index in [0.717, 1.165) is 10.7 Å². The lowest BCUT2D eigenvalue weighted by atomic mass is 10.0. The number of halogens is 2. The van der Waals surface area contributed by atoms with Gasteiger partial charge in [0.15, 0.2) is 11.6 Å². The molecule has 0 saturated carbocycles. The van der Waals surface area contributed by atoms with Gasteiger partial charge in [0, 0.05) is 18.2 Å². The number of carbonyl (C=O) groups excluding carboxylic acids is 1. The average Bonchev–Trinajstić information content (AvgIpc) is 3.20. The van der Waals surface area contributed by atoms with Crippen molar-refractivity contribution in [1.29, 1.82) is 0 Å². The number of nitrogens with one attached hydrogen (secondary N) is 1. The van der Waals surface area contributed by atoms with Gasteiger partial charge in [0.1, 0.15) is 41.8 Å². The van der Waals surface area contributed by atoms with Crippen LogP contribution in [0, 0.1) is 17.6 Å². The molecule has 1 heterocycles. The molecule has 0 saturated heterocycles. The third-order valence-corrected chi connectivity index (χ3v) is 5.33. The van der Waals surface area contributed by atoms with Gasteiger partial charge in [-0.3, -0.25) is 9.59 Å². The maximum absolute atomic E-state index is 14.1. The van der Waals surface area contributed by atoms with Crippen LogP contribution in [-0.4, -0.2) is 57.0 Å². The summed E-state index contributed by atoms with van der Waals surface area (Å²) in [5.74, 6) is -2.78. The summed E-state index contributed by atoms with van der Waals surface area (Å²) in [5, 5.41) is 26.2. The van der Waals surface area contributed by atoms with E-state index in [1.807, 2.05) is 13.8 Å². The van der Waals surface area contributed by atoms with Crippen LogP contribution in [0.25, 0.3) is 5.69 Å². The van der Waals surface area contributed by atoms with Gasteiger partial charge in [-0.05, 0) is 36.6 Å². The van der Waals surface area contributed by atoms with E-state index in [2.05, 4.69) is 10.4 Å². The van der Waals surface area contributed by atoms with E-state index in [1.165, 1.54) is 24.4 Å². The summed E-state index contributed by atoms with van der Waals surface area (Å²) in [5.41, 5.74) is 6.16. The van der Waals surface area contributed by atoms with E-state index < -0.39 is 35.5 Å². The van der Waals surface area contributed by atoms with Crippen molar-refractivity contribution in [2.24, 2.45) is 5.92 Å². The molecule has 2 atom stereocenters. The summed E-state index contributed by atoms with van der Waals surface area (Å²) < 4.78 is 33.9. The summed E-state index contributed by atoms with van der Waals surface area (Å²) >= 11 is 0. The van der Waals surface area contributed by atoms with Crippen molar-refractivity contribution in [2.45, 2.75) is 32.4 Å². The maximum atomic E-state index is 14.1. The number of aromatic nitrogens is 2. The lowest BCUT2D eigenvalue weighted by Crippen LogP contribution is -2.43. The Morgan fingerprint density at radius 2 is 1.94 bits per heavy atom. The second-order valence-corrected chi connectivity index (χ2v) is 8.70. The summed E-state index contributed by atoms with van der Waals surface area (Å²) in [7, 11) is 0. The Bertz CT molecular complexity index is 1230. The largest absolute Gasteiger partial charge is 0.491 e. The van der Waals surface area contributed by atoms with Gasteiger partial charge < -0.3 is 26.0 Å². The fourth-order valence-electron chi connectivity index (χ4n) is 3.53. The molecule has 3 aromatic rings. The molecule has 5 N–H and O–H groups in total. The molecule has 0 unspecified atom stereocenters. The summed E-state index contributed by atoms with van der Waals surface area (Å²) in [4.78, 5) is 24.3. The van der Waals surface area contributed by atoms with Crippen molar-refractivity contribution in [2.75, 3.05) is 18.9 Å². The van der Waals surface area contributed by atoms with Gasteiger partial charge in [-0.25, -0.2) is 13.5 Å². The monoisotopic (exact) mass is 502 g/mol. The second kappa shape index (κ2) is 11.7. The molecule has 0 bridgehead atoms. The zero-order valence-electron chi connectivity index (χ0n) is 19.8. The summed E-state index contributed by atoms with van der Waals surface area (Å²) in [6, 6.07) is 8.29. The van der Waals surface area contributed by atoms with E-state index >= 15 is 0 Å². The number of aliphatic hydroxyl groups is 1. The van der Waals surface area contributed by atoms with E-state index in [1.54, 1.807) is 12.1 Å². The minimum Gasteiger partial charge on any atom is -0.491 e. The van der Waals surface area contributed by atoms with E-state index in [4.69, 9.17) is 10.5 Å². The lowest BCUT2D eigenvalue weighted by Gasteiger charge is -2.19. The summed E-state index contributed by atoms with van der Waals surface area (Å²) in [6.45, 7) is 3.69. The highest BCUT2D eigenvalue weighted by Gasteiger charge is 2.21. The molecule has 0 aliphatic heterocycles. The second-order valence-electron chi connectivity index (χ2n) is 8.70. The van der Waals surface area contributed by atoms with Crippen molar-refractivity contribution in [1.82, 2.24) is 15.1 Å². The number of anilines is 1. The smallest absolute Gasteiger partial charge is 0.320 e. The van der Waals surface area contributed by atoms with Crippen LogP contribution in [0.3, 0.4) is 0 Å². The third-order valence-electron chi connectivity index (χ3n) is 5.33. The highest BCUT2D eigenvalue weighted by molar-refractivity contribution is 6.11. The fraction of sp³-hybridized carbons (Fsp3) is 0.320. The number of nitrogens with zero attached hydrogens (tertiary/aromatic N) is 2. The van der Waals surface area contributed by atoms with Gasteiger partial charge in [-0.2, -0.15) is 5.10 Å². The average molecular weight is 503 g/mol. The predicted molar refractivity (Wildman–Crippen MR) is 128 cm³/mol. The molecule has 1 aromatic heterocycles. The zero-order chi connectivity index (χ0) is 26.4. The van der Waals surface area contributed by atoms with Gasteiger partial charge in [-0.15, -0.1) is 0 Å². The fourth-order valence-corrected chi connectivity index (χ4v) is 3.53. The molecular formula is C25H28F2N4O5. The van der Waals surface area contributed by atoms with Gasteiger partial charge >= 0.3 is 5.97 Å². The molecule has 3 rings (SSSR count). The van der Waals surface area contributed by atoms with Crippen LogP contribution in [-0.2, 0) is 4.79 Å². The van der Waals surface area contributed by atoms with Gasteiger partial charge in [0.05, 0.1) is 11.8 Å². The summed E-state index contributed by atoms with van der Waals surface area (Å²) in [6.07, 6.45) is 0.623. The van der Waals surface area contributed by atoms with Crippen LogP contribution in [0.4, 0.5) is 14.6 Å². The first kappa shape index (κ1) is 26.8. The Balaban J connectivity index is 1.65. The number of ether oxygens (including phenoxy) is 1. The minimum absolute atomic E-state index is 0.0119. The first-order valence-corrected chi connectivity index (χ1v) is 11.3. The molecule has 0 amide bonds. The standard InChI is InChI=1S/C25H28F2N4O5/c1-14(2)8-21(25(34)35)29-11-17(32)13-36-18-5-3-4-15(9-18)23(33)19-12-30-31(24(19)28)22-7-6-16(26)10-20(22)27/h3-7,9-10,12,14,17,21,29,32H,8,11,13,28H2,1-2H3,(H,34,35)/t17-,21-/m0/s1. The number of carboxylic acid groups (broad SMARTS) is 1. The molecule has 9 nitrogen and oxygen atoms in total. The number of carbonyl (C=O) groups is 2. The third kappa shape index (κ3) is 6.64. The zero-order valence-corrected chi connectivity index (χ0v) is 19.8. The number of hydrogen-bond donors (Lipinski definition) is 4. The lowest BCUT2D eigenvalue weighted by molar-refractivity contribution is -0.140. The number of benzene rings is 2. The number of nitrogens with two attached hydrogens (primary N) is 1. The maximum Gasteiger partial charge on any atom is 0.320 e. The van der Waals surface area contributed by atoms with Crippen molar-refractivity contribution in [3.8, 4) is 11.4 Å². The molecular weight excluding hydrogens is 474 g/mol. The molecule has 0 radical (unpaired) electrons. The van der Waals surface area contributed by atoms with E-state index in [9.17, 15) is 28.6 Å². The number of nitrogen functional groups attached to an aromatic ring is 1. The number of aliphatic carboxylic acids is 1. The number of hydrogen-bond acceptors (Lipinski definition) is 7. The van der Waals surface area contributed by atoms with Crippen LogP contribution in [0.1, 0.15) is 36.2 Å². The molecule has 2 aromatic carbocycles. The van der Waals surface area contributed by atoms with Crippen molar-refractivity contribution in [3.05, 3.63) is 71.4 Å². The van der Waals surface area contributed by atoms with E-state index in [-0.39, 0.29) is 41.7 Å². The number of aliphatic hydroxyl groups excluding tert-OH is 1. The number of rotatable bonds is 12. The molecule has 0 aliphatic carbocycles. The molecule has 36 heavy (non-hydrogen) atoms. The molecule has 11 heteroatoms. The first-order valence-electron chi connectivity index (χ1n) is 11.3. The Morgan fingerprint density at radius 3 is 2.61 bits per heavy atom. The molecule has 0 spiro atoms. The molecule has 192 valence electrons. The highest BCUT2D eigenvalue weighted by atomic mass is 19.1. The molecule has 0 fully saturated rings. The Morgan fingerprint density at radius 1 is 1.19 bits per heavy atom. The number of carboxylic acids is 1. The SMILES string of the molecule is CC(C)C[C@H](NC[C@H](O)COc1cccc(C(=O)c2cnn(-c3ccc(F)cc3F)c2N)c1)C(=O)O. The van der Waals surface area contributed by atoms with Crippen LogP contribution in [0.2, 0.25) is 0 Å². The topological polar surface area (TPSA) is 140 Å². The quantitative estimate of drug-likeness (QED) is 0.277. The first-order chi connectivity index (χ1) is 17.1. The normalized spacial score (nSPS) is 12.9. The van der Waals surface area contributed by atoms with Crippen LogP contribution in [0.5, 0.6) is 5.75 Å². The Hall–Kier alpha value is -3.83.